The maximum Gasteiger partial charge on any atom is 0.339 e. The van der Waals surface area contributed by atoms with Gasteiger partial charge in [0.25, 0.3) is 5.91 Å². The highest BCUT2D eigenvalue weighted by Crippen LogP contribution is 2.22. The molecular formula is C18H22N2O3S. The van der Waals surface area contributed by atoms with Crippen LogP contribution in [0, 0.1) is 6.92 Å². The lowest BCUT2D eigenvalue weighted by molar-refractivity contribution is 0.0599. The number of nitrogens with one attached hydrogen (secondary N) is 1. The second kappa shape index (κ2) is 7.97. The van der Waals surface area contributed by atoms with Gasteiger partial charge < -0.3 is 14.6 Å². The van der Waals surface area contributed by atoms with Crippen molar-refractivity contribution in [3.8, 4) is 0 Å². The van der Waals surface area contributed by atoms with Crippen LogP contribution in [0.2, 0.25) is 0 Å². The van der Waals surface area contributed by atoms with Crippen LogP contribution in [0.25, 0.3) is 0 Å². The Morgan fingerprint density at radius 1 is 1.46 bits per heavy atom. The summed E-state index contributed by atoms with van der Waals surface area (Å²) in [5, 5.41) is 1.98. The van der Waals surface area contributed by atoms with Crippen molar-refractivity contribution in [3.63, 3.8) is 0 Å². The third-order valence-electron chi connectivity index (χ3n) is 3.85. The summed E-state index contributed by atoms with van der Waals surface area (Å²) in [4.78, 5) is 30.9. The van der Waals surface area contributed by atoms with E-state index in [9.17, 15) is 9.59 Å². The molecule has 2 heterocycles. The molecule has 1 amide bonds. The van der Waals surface area contributed by atoms with Crippen molar-refractivity contribution in [2.24, 2.45) is 0 Å². The van der Waals surface area contributed by atoms with Crippen molar-refractivity contribution in [2.45, 2.75) is 26.8 Å². The lowest BCUT2D eigenvalue weighted by Gasteiger charge is -2.20. The molecule has 2 aromatic heterocycles. The van der Waals surface area contributed by atoms with Crippen molar-refractivity contribution in [3.05, 3.63) is 57.6 Å². The summed E-state index contributed by atoms with van der Waals surface area (Å²) in [5.41, 5.74) is 2.24. The van der Waals surface area contributed by atoms with Gasteiger partial charge in [-0.15, -0.1) is 17.9 Å². The molecule has 2 aromatic rings. The van der Waals surface area contributed by atoms with E-state index in [-0.39, 0.29) is 5.91 Å². The molecule has 0 radical (unpaired) electrons. The van der Waals surface area contributed by atoms with Crippen LogP contribution >= 0.6 is 11.3 Å². The standard InChI is InChI=1S/C18H22N2O3S/c1-5-9-20(11-13-8-7-10-24-13)17(21)16-12(3)15(18(22)23-4)14(6-2)19-16/h5,7-8,10,19H,1,6,9,11H2,2-4H3. The minimum Gasteiger partial charge on any atom is -0.465 e. The van der Waals surface area contributed by atoms with E-state index in [4.69, 9.17) is 4.74 Å². The molecule has 2 rings (SSSR count). The van der Waals surface area contributed by atoms with E-state index < -0.39 is 5.97 Å². The molecule has 0 aromatic carbocycles. The molecule has 0 unspecified atom stereocenters. The summed E-state index contributed by atoms with van der Waals surface area (Å²) >= 11 is 1.60. The molecule has 128 valence electrons. The van der Waals surface area contributed by atoms with Crippen molar-refractivity contribution in [1.29, 1.82) is 0 Å². The van der Waals surface area contributed by atoms with Gasteiger partial charge in [-0.3, -0.25) is 4.79 Å². The molecule has 0 bridgehead atoms. The molecule has 5 nitrogen and oxygen atoms in total. The largest absolute Gasteiger partial charge is 0.465 e. The molecule has 0 saturated carbocycles. The topological polar surface area (TPSA) is 62.4 Å². The average Bonchev–Trinajstić information content (AvgIpc) is 3.20. The van der Waals surface area contributed by atoms with Gasteiger partial charge in [0.1, 0.15) is 5.69 Å². The normalized spacial score (nSPS) is 10.5. The third-order valence-corrected chi connectivity index (χ3v) is 4.71. The predicted molar refractivity (Wildman–Crippen MR) is 95.5 cm³/mol. The number of aromatic nitrogens is 1. The van der Waals surface area contributed by atoms with Gasteiger partial charge in [0.2, 0.25) is 0 Å². The lowest BCUT2D eigenvalue weighted by Crippen LogP contribution is -2.31. The van der Waals surface area contributed by atoms with Crippen LogP contribution in [0.5, 0.6) is 0 Å². The third kappa shape index (κ3) is 3.59. The zero-order chi connectivity index (χ0) is 17.7. The van der Waals surface area contributed by atoms with Gasteiger partial charge in [0, 0.05) is 17.1 Å². The molecule has 1 N–H and O–H groups in total. The molecule has 0 aliphatic rings. The van der Waals surface area contributed by atoms with Crippen molar-refractivity contribution < 1.29 is 14.3 Å². The molecule has 6 heteroatoms. The van der Waals surface area contributed by atoms with Crippen LogP contribution in [0.4, 0.5) is 0 Å². The van der Waals surface area contributed by atoms with E-state index in [1.165, 1.54) is 7.11 Å². The van der Waals surface area contributed by atoms with Gasteiger partial charge in [-0.2, -0.15) is 0 Å². The fraction of sp³-hybridized carbons (Fsp3) is 0.333. The lowest BCUT2D eigenvalue weighted by atomic mass is 10.1. The van der Waals surface area contributed by atoms with Gasteiger partial charge in [0.15, 0.2) is 0 Å². The number of hydrogen-bond acceptors (Lipinski definition) is 4. The SMILES string of the molecule is C=CCN(Cc1cccs1)C(=O)c1[nH]c(CC)c(C(=O)OC)c1C. The van der Waals surface area contributed by atoms with E-state index in [0.29, 0.717) is 36.3 Å². The summed E-state index contributed by atoms with van der Waals surface area (Å²) in [6.45, 7) is 8.38. The number of thiophene rings is 1. The summed E-state index contributed by atoms with van der Waals surface area (Å²) in [5.74, 6) is -0.571. The minimum atomic E-state index is -0.423. The number of rotatable bonds is 7. The Balaban J connectivity index is 2.37. The first-order valence-corrected chi connectivity index (χ1v) is 8.63. The molecule has 0 aliphatic heterocycles. The average molecular weight is 346 g/mol. The Morgan fingerprint density at radius 2 is 2.21 bits per heavy atom. The smallest absolute Gasteiger partial charge is 0.339 e. The van der Waals surface area contributed by atoms with Crippen LogP contribution in [0.3, 0.4) is 0 Å². The first-order chi connectivity index (χ1) is 11.5. The Hall–Kier alpha value is -2.34. The van der Waals surface area contributed by atoms with Gasteiger partial charge >= 0.3 is 5.97 Å². The molecule has 0 atom stereocenters. The Morgan fingerprint density at radius 3 is 2.75 bits per heavy atom. The molecule has 0 saturated heterocycles. The molecule has 24 heavy (non-hydrogen) atoms. The van der Waals surface area contributed by atoms with E-state index in [2.05, 4.69) is 11.6 Å². The summed E-state index contributed by atoms with van der Waals surface area (Å²) in [6, 6.07) is 3.95. The van der Waals surface area contributed by atoms with Crippen LogP contribution in [-0.2, 0) is 17.7 Å². The number of ether oxygens (including phenoxy) is 1. The number of aryl methyl sites for hydroxylation is 1. The Labute approximate surface area is 145 Å². The van der Waals surface area contributed by atoms with E-state index in [1.54, 1.807) is 29.2 Å². The molecule has 0 fully saturated rings. The highest BCUT2D eigenvalue weighted by Gasteiger charge is 2.26. The summed E-state index contributed by atoms with van der Waals surface area (Å²) in [7, 11) is 1.34. The molecule has 0 aliphatic carbocycles. The van der Waals surface area contributed by atoms with E-state index in [0.717, 1.165) is 10.6 Å². The molecular weight excluding hydrogens is 324 g/mol. The van der Waals surface area contributed by atoms with Gasteiger partial charge in [0.05, 0.1) is 19.2 Å². The van der Waals surface area contributed by atoms with Crippen LogP contribution < -0.4 is 0 Å². The number of amides is 1. The number of aromatic amines is 1. The highest BCUT2D eigenvalue weighted by atomic mass is 32.1. The van der Waals surface area contributed by atoms with Gasteiger partial charge in [-0.05, 0) is 30.4 Å². The van der Waals surface area contributed by atoms with Crippen LogP contribution in [0.15, 0.2) is 30.2 Å². The quantitative estimate of drug-likeness (QED) is 0.616. The van der Waals surface area contributed by atoms with Crippen LogP contribution in [0.1, 0.15) is 43.9 Å². The second-order valence-corrected chi connectivity index (χ2v) is 6.41. The summed E-state index contributed by atoms with van der Waals surface area (Å²) in [6.07, 6.45) is 2.32. The number of carbonyl (C=O) groups excluding carboxylic acids is 2. The maximum absolute atomic E-state index is 13.0. The predicted octanol–water partition coefficient (Wildman–Crippen LogP) is 3.56. The fourth-order valence-corrected chi connectivity index (χ4v) is 3.36. The summed E-state index contributed by atoms with van der Waals surface area (Å²) < 4.78 is 4.85. The minimum absolute atomic E-state index is 0.148. The zero-order valence-electron chi connectivity index (χ0n) is 14.2. The van der Waals surface area contributed by atoms with Crippen LogP contribution in [-0.4, -0.2) is 35.4 Å². The zero-order valence-corrected chi connectivity index (χ0v) is 15.0. The Kier molecular flexibility index (Phi) is 5.98. The number of H-pyrrole nitrogens is 1. The van der Waals surface area contributed by atoms with Gasteiger partial charge in [-0.1, -0.05) is 19.1 Å². The fourth-order valence-electron chi connectivity index (χ4n) is 2.64. The van der Waals surface area contributed by atoms with E-state index >= 15 is 0 Å². The van der Waals surface area contributed by atoms with Crippen molar-refractivity contribution >= 4 is 23.2 Å². The number of nitrogens with zero attached hydrogens (tertiary/aromatic N) is 1. The number of carbonyl (C=O) groups is 2. The number of hydrogen-bond donors (Lipinski definition) is 1. The van der Waals surface area contributed by atoms with E-state index in [1.807, 2.05) is 24.4 Å². The monoisotopic (exact) mass is 346 g/mol. The first kappa shape index (κ1) is 18.0. The van der Waals surface area contributed by atoms with Gasteiger partial charge in [-0.25, -0.2) is 4.79 Å². The van der Waals surface area contributed by atoms with Crippen molar-refractivity contribution in [1.82, 2.24) is 9.88 Å². The maximum atomic E-state index is 13.0. The second-order valence-electron chi connectivity index (χ2n) is 5.38. The number of esters is 1. The molecule has 0 spiro atoms. The highest BCUT2D eigenvalue weighted by molar-refractivity contribution is 7.09. The Bertz CT molecular complexity index is 732. The van der Waals surface area contributed by atoms with Crippen molar-refractivity contribution in [2.75, 3.05) is 13.7 Å². The first-order valence-electron chi connectivity index (χ1n) is 7.75. The number of methoxy groups -OCH3 is 1.